The Morgan fingerprint density at radius 1 is 1.11 bits per heavy atom. The first kappa shape index (κ1) is 17.2. The van der Waals surface area contributed by atoms with Gasteiger partial charge < -0.3 is 0 Å². The zero-order valence-corrected chi connectivity index (χ0v) is 14.9. The molecule has 0 rings (SSSR count). The van der Waals surface area contributed by atoms with E-state index in [1.165, 1.54) is 0 Å². The van der Waals surface area contributed by atoms with E-state index in [1.807, 2.05) is 0 Å². The van der Waals surface area contributed by atoms with Crippen molar-refractivity contribution >= 4 is 47.4 Å². The summed E-state index contributed by atoms with van der Waals surface area (Å²) in [4.78, 5) is 0. The van der Waals surface area contributed by atoms with Gasteiger partial charge in [-0.25, -0.2) is 0 Å². The van der Waals surface area contributed by atoms with E-state index in [-0.39, 0.29) is 18.3 Å². The molecule has 0 atom stereocenters. The zero-order valence-electron chi connectivity index (χ0n) is 3.98. The van der Waals surface area contributed by atoms with Crippen molar-refractivity contribution in [2.45, 2.75) is 0 Å². The fourth-order valence-electron chi connectivity index (χ4n) is 0.0136. The molecular formula is Bi2CoO5Zn. The normalized spacial score (nSPS) is 4.78. The number of hydrogen-bond donors (Lipinski definition) is 0. The molecule has 0 aromatic heterocycles. The van der Waals surface area contributed by atoms with Crippen LogP contribution in [-0.4, -0.2) is 47.4 Å². The van der Waals surface area contributed by atoms with Gasteiger partial charge in [0.2, 0.25) is 0 Å². The summed E-state index contributed by atoms with van der Waals surface area (Å²) in [5.41, 5.74) is 0. The molecule has 9 heavy (non-hydrogen) atoms. The molecule has 9 heteroatoms. The Labute approximate surface area is 93.7 Å². The summed E-state index contributed by atoms with van der Waals surface area (Å²) in [5.74, 6) is 0. The molecule has 0 aliphatic carbocycles. The van der Waals surface area contributed by atoms with Crippen LogP contribution in [0.5, 0.6) is 0 Å². The van der Waals surface area contributed by atoms with Gasteiger partial charge in [0.05, 0.1) is 0 Å². The fourth-order valence-corrected chi connectivity index (χ4v) is 1.05. The van der Waals surface area contributed by atoms with Gasteiger partial charge in [0.15, 0.2) is 0 Å². The topological polar surface area (TPSA) is 77.5 Å². The molecular weight excluding hydrogens is 622 g/mol. The Balaban J connectivity index is -0.0000000771. The quantitative estimate of drug-likeness (QED) is 0.358. The monoisotopic (exact) mass is 621 g/mol. The van der Waals surface area contributed by atoms with Crippen molar-refractivity contribution in [2.24, 2.45) is 0 Å². The summed E-state index contributed by atoms with van der Waals surface area (Å²) in [6.45, 7) is 0. The van der Waals surface area contributed by atoms with Crippen LogP contribution in [-0.2, 0) is 47.9 Å². The van der Waals surface area contributed by atoms with E-state index in [1.54, 1.807) is 0 Å². The second kappa shape index (κ2) is 32.3. The van der Waals surface area contributed by atoms with Crippen molar-refractivity contribution in [1.29, 1.82) is 0 Å². The minimum absolute atomic E-state index is 0.125. The predicted molar refractivity (Wildman–Crippen MR) is 15.3 cm³/mol. The molecule has 0 radical (unpaired) electrons. The summed E-state index contributed by atoms with van der Waals surface area (Å²) in [5, 5.41) is 0. The summed E-state index contributed by atoms with van der Waals surface area (Å²) in [7, 11) is 0. The molecule has 51 valence electrons. The fraction of sp³-hybridized carbons (Fsp3) is 0. The summed E-state index contributed by atoms with van der Waals surface area (Å²) < 4.78 is 39.1. The summed E-state index contributed by atoms with van der Waals surface area (Å²) in [6.07, 6.45) is 0. The Bertz CT molecular complexity index is 60.0. The van der Waals surface area contributed by atoms with Gasteiger partial charge in [-0.2, -0.15) is 0 Å². The minimum atomic E-state index is -1.85. The van der Waals surface area contributed by atoms with Crippen LogP contribution >= 0.6 is 0 Å². The predicted octanol–water partition coefficient (Wildman–Crippen LogP) is -1.31. The molecule has 0 saturated carbocycles. The molecule has 0 aliphatic heterocycles. The Hall–Kier alpha value is 2.06. The van der Waals surface area contributed by atoms with Crippen LogP contribution in [0.2, 0.25) is 0 Å². The maximum atomic E-state index is 9.33. The second-order valence-electron chi connectivity index (χ2n) is 0.231. The van der Waals surface area contributed by atoms with E-state index >= 15 is 0 Å². The standard InChI is InChI=1S/2Bi.Co.5O.Zn. The molecule has 0 heterocycles. The Morgan fingerprint density at radius 2 is 1.33 bits per heavy atom. The molecule has 0 saturated heterocycles. The van der Waals surface area contributed by atoms with Crippen molar-refractivity contribution in [3.05, 3.63) is 0 Å². The molecule has 0 amide bonds. The van der Waals surface area contributed by atoms with Crippen molar-refractivity contribution in [3.8, 4) is 0 Å². The van der Waals surface area contributed by atoms with Gasteiger partial charge in [-0.05, 0) is 0 Å². The average molecular weight is 622 g/mol. The first-order valence-corrected chi connectivity index (χ1v) is 8.47. The van der Waals surface area contributed by atoms with Crippen molar-refractivity contribution in [2.75, 3.05) is 0 Å². The molecule has 0 bridgehead atoms. The van der Waals surface area contributed by atoms with E-state index in [4.69, 9.17) is 7.44 Å². The molecule has 0 fully saturated rings. The third-order valence-electron chi connectivity index (χ3n) is 0.0667. The molecule has 0 N–H and O–H groups in total. The third kappa shape index (κ3) is 39.7. The zero-order chi connectivity index (χ0) is 8.12. The van der Waals surface area contributed by atoms with Crippen LogP contribution in [0.15, 0.2) is 0 Å². The Morgan fingerprint density at radius 3 is 1.33 bits per heavy atom. The first-order chi connectivity index (χ1) is 4.41. The van der Waals surface area contributed by atoms with Gasteiger partial charge in [-0.3, -0.25) is 0 Å². The van der Waals surface area contributed by atoms with Crippen LogP contribution in [0.4, 0.5) is 0 Å². The van der Waals surface area contributed by atoms with E-state index in [2.05, 4.69) is 16.6 Å². The second-order valence-corrected chi connectivity index (χ2v) is 7.60. The SMILES string of the molecule is [O]=[Bi][O][Bi]=[O].[O]=[Co].[O]=[Zn]. The summed E-state index contributed by atoms with van der Waals surface area (Å²) >= 11 is -1.26. The van der Waals surface area contributed by atoms with Gasteiger partial charge in [0.25, 0.3) is 0 Å². The van der Waals surface area contributed by atoms with Crippen LogP contribution in [0, 0.1) is 0 Å². The number of rotatable bonds is 2. The van der Waals surface area contributed by atoms with E-state index in [9.17, 15) is 5.63 Å². The Kier molecular flexibility index (Phi) is 61.8. The van der Waals surface area contributed by atoms with Gasteiger partial charge in [0.1, 0.15) is 0 Å². The van der Waals surface area contributed by atoms with Gasteiger partial charge >= 0.3 is 95.2 Å². The molecule has 0 aliphatic rings. The molecule has 5 nitrogen and oxygen atoms in total. The van der Waals surface area contributed by atoms with E-state index < -0.39 is 47.4 Å². The van der Waals surface area contributed by atoms with Crippen LogP contribution < -0.4 is 0 Å². The molecule has 0 unspecified atom stereocenters. The van der Waals surface area contributed by atoms with Gasteiger partial charge in [0, 0.05) is 0 Å². The van der Waals surface area contributed by atoms with Crippen LogP contribution in [0.1, 0.15) is 0 Å². The van der Waals surface area contributed by atoms with Gasteiger partial charge in [-0.15, -0.1) is 0 Å². The molecule has 0 aromatic rings. The van der Waals surface area contributed by atoms with Crippen LogP contribution in [0.25, 0.3) is 0 Å². The number of hydrogen-bond acceptors (Lipinski definition) is 5. The first-order valence-electron chi connectivity index (χ1n) is 1.16. The van der Waals surface area contributed by atoms with E-state index in [0.29, 0.717) is 0 Å². The van der Waals surface area contributed by atoms with Gasteiger partial charge in [-0.1, -0.05) is 0 Å². The van der Waals surface area contributed by atoms with Crippen LogP contribution in [0.3, 0.4) is 0 Å². The van der Waals surface area contributed by atoms with E-state index in [0.717, 1.165) is 0 Å². The molecule has 0 aromatic carbocycles. The summed E-state index contributed by atoms with van der Waals surface area (Å²) in [6, 6.07) is 0. The van der Waals surface area contributed by atoms with Crippen molar-refractivity contribution < 1.29 is 47.9 Å². The third-order valence-corrected chi connectivity index (χ3v) is 5.13. The van der Waals surface area contributed by atoms with Crippen molar-refractivity contribution in [3.63, 3.8) is 0 Å². The molecule has 0 spiro atoms. The maximum absolute atomic E-state index is 9.33. The average Bonchev–Trinajstić information content (AvgIpc) is 1.98. The van der Waals surface area contributed by atoms with Crippen molar-refractivity contribution in [1.82, 2.24) is 0 Å².